The van der Waals surface area contributed by atoms with Crippen LogP contribution in [0.1, 0.15) is 11.3 Å². The van der Waals surface area contributed by atoms with E-state index in [-0.39, 0.29) is 16.8 Å². The van der Waals surface area contributed by atoms with Gasteiger partial charge in [-0.3, -0.25) is 23.6 Å². The highest BCUT2D eigenvalue weighted by Gasteiger charge is 2.17. The van der Waals surface area contributed by atoms with Gasteiger partial charge in [0.25, 0.3) is 11.1 Å². The van der Waals surface area contributed by atoms with E-state index < -0.39 is 17.2 Å². The van der Waals surface area contributed by atoms with Crippen molar-refractivity contribution in [2.75, 3.05) is 5.32 Å². The Morgan fingerprint density at radius 3 is 2.31 bits per heavy atom. The summed E-state index contributed by atoms with van der Waals surface area (Å²) in [4.78, 5) is 49.0. The van der Waals surface area contributed by atoms with Crippen molar-refractivity contribution in [3.63, 3.8) is 0 Å². The maximum absolute atomic E-state index is 12.8. The third-order valence-electron chi connectivity index (χ3n) is 4.69. The molecule has 3 aromatic rings. The molecule has 1 aromatic carbocycles. The Morgan fingerprint density at radius 2 is 1.66 bits per heavy atom. The highest BCUT2D eigenvalue weighted by atomic mass is 16.2. The Morgan fingerprint density at radius 1 is 1.00 bits per heavy atom. The quantitative estimate of drug-likeness (QED) is 0.652. The summed E-state index contributed by atoms with van der Waals surface area (Å²) in [6, 6.07) is 9.07. The van der Waals surface area contributed by atoms with Gasteiger partial charge >= 0.3 is 5.69 Å². The summed E-state index contributed by atoms with van der Waals surface area (Å²) in [5.41, 5.74) is 0.246. The third kappa shape index (κ3) is 3.62. The Balaban J connectivity index is 1.91. The number of para-hydroxylation sites is 1. The topological polar surface area (TPSA) is 100 Å². The van der Waals surface area contributed by atoms with Gasteiger partial charge in [-0.25, -0.2) is 9.48 Å². The number of hydrogen-bond donors (Lipinski definition) is 1. The number of aromatic nitrogens is 4. The van der Waals surface area contributed by atoms with Crippen LogP contribution in [0.25, 0.3) is 11.8 Å². The summed E-state index contributed by atoms with van der Waals surface area (Å²) in [5, 5.41) is 2.58. The molecule has 0 unspecified atom stereocenters. The molecule has 0 aliphatic carbocycles. The summed E-state index contributed by atoms with van der Waals surface area (Å²) < 4.78 is 5.31. The van der Waals surface area contributed by atoms with Gasteiger partial charge in [0.05, 0.1) is 16.9 Å². The molecule has 0 saturated carbocycles. The minimum Gasteiger partial charge on any atom is -0.316 e. The van der Waals surface area contributed by atoms with E-state index in [9.17, 15) is 19.2 Å². The monoisotopic (exact) mass is 395 g/mol. The molecule has 1 amide bonds. The van der Waals surface area contributed by atoms with E-state index in [2.05, 4.69) is 5.32 Å². The second-order valence-corrected chi connectivity index (χ2v) is 6.60. The first-order valence-corrected chi connectivity index (χ1v) is 8.82. The van der Waals surface area contributed by atoms with Crippen LogP contribution in [-0.2, 0) is 25.9 Å². The van der Waals surface area contributed by atoms with Gasteiger partial charge in [0.15, 0.2) is 0 Å². The molecule has 0 atom stereocenters. The second-order valence-electron chi connectivity index (χ2n) is 6.60. The van der Waals surface area contributed by atoms with Crippen LogP contribution in [0, 0.1) is 6.92 Å². The van der Waals surface area contributed by atoms with Crippen molar-refractivity contribution in [1.82, 2.24) is 18.5 Å². The number of carbonyl (C=O) groups is 1. The predicted octanol–water partition coefficient (Wildman–Crippen LogP) is 0.534. The summed E-state index contributed by atoms with van der Waals surface area (Å²) in [7, 11) is 4.60. The third-order valence-corrected chi connectivity index (χ3v) is 4.69. The highest BCUT2D eigenvalue weighted by molar-refractivity contribution is 6.02. The van der Waals surface area contributed by atoms with Crippen molar-refractivity contribution in [2.24, 2.45) is 21.1 Å². The standard InChI is InChI=1S/C20H21N5O4/c1-13-17(19(28)25(24(13)4)15-8-6-5-7-9-15)21-16(26)11-10-14-12-22(2)20(29)23(3)18(14)27/h5-12H,1-4H3,(H,21,26)/b11-10+. The average Bonchev–Trinajstić information content (AvgIpc) is 2.92. The zero-order chi connectivity index (χ0) is 21.3. The van der Waals surface area contributed by atoms with Crippen LogP contribution >= 0.6 is 0 Å². The van der Waals surface area contributed by atoms with Gasteiger partial charge in [-0.05, 0) is 25.1 Å². The van der Waals surface area contributed by atoms with E-state index in [1.807, 2.05) is 18.2 Å². The molecule has 1 N–H and O–H groups in total. The first-order chi connectivity index (χ1) is 13.7. The van der Waals surface area contributed by atoms with E-state index in [1.54, 1.807) is 30.8 Å². The fourth-order valence-corrected chi connectivity index (χ4v) is 2.99. The van der Waals surface area contributed by atoms with E-state index >= 15 is 0 Å². The van der Waals surface area contributed by atoms with Crippen LogP contribution in [0.5, 0.6) is 0 Å². The first-order valence-electron chi connectivity index (χ1n) is 8.82. The zero-order valence-corrected chi connectivity index (χ0v) is 16.5. The molecule has 0 bridgehead atoms. The van der Waals surface area contributed by atoms with Gasteiger partial charge in [-0.2, -0.15) is 0 Å². The van der Waals surface area contributed by atoms with Crippen LogP contribution < -0.4 is 22.1 Å². The van der Waals surface area contributed by atoms with Crippen molar-refractivity contribution in [3.05, 3.63) is 85.1 Å². The first kappa shape index (κ1) is 19.9. The van der Waals surface area contributed by atoms with Crippen LogP contribution in [0.15, 0.2) is 57.0 Å². The number of aryl methyl sites for hydroxylation is 1. The molecule has 29 heavy (non-hydrogen) atoms. The molecule has 3 rings (SSSR count). The number of nitrogens with zero attached hydrogens (tertiary/aromatic N) is 4. The average molecular weight is 395 g/mol. The van der Waals surface area contributed by atoms with E-state index in [0.29, 0.717) is 11.4 Å². The molecule has 0 aliphatic rings. The van der Waals surface area contributed by atoms with Gasteiger partial charge in [0.2, 0.25) is 5.91 Å². The van der Waals surface area contributed by atoms with Gasteiger partial charge in [-0.1, -0.05) is 18.2 Å². The summed E-state index contributed by atoms with van der Waals surface area (Å²) in [5.74, 6) is -0.563. The van der Waals surface area contributed by atoms with E-state index in [0.717, 1.165) is 10.6 Å². The van der Waals surface area contributed by atoms with E-state index in [1.165, 1.54) is 35.6 Å². The summed E-state index contributed by atoms with van der Waals surface area (Å²) in [6.45, 7) is 1.73. The molecule has 9 heteroatoms. The number of amides is 1. The van der Waals surface area contributed by atoms with Gasteiger partial charge in [0, 0.05) is 33.4 Å². The molecule has 0 fully saturated rings. The maximum atomic E-state index is 12.8. The molecule has 0 aliphatic heterocycles. The van der Waals surface area contributed by atoms with Gasteiger partial charge in [-0.15, -0.1) is 0 Å². The lowest BCUT2D eigenvalue weighted by Crippen LogP contribution is -2.37. The van der Waals surface area contributed by atoms with Crippen LogP contribution in [0.2, 0.25) is 0 Å². The molecule has 0 radical (unpaired) electrons. The number of benzene rings is 1. The number of hydrogen-bond acceptors (Lipinski definition) is 4. The molecular formula is C20H21N5O4. The van der Waals surface area contributed by atoms with Crippen molar-refractivity contribution < 1.29 is 4.79 Å². The fraction of sp³-hybridized carbons (Fsp3) is 0.200. The smallest absolute Gasteiger partial charge is 0.316 e. The largest absolute Gasteiger partial charge is 0.330 e. The number of rotatable bonds is 4. The fourth-order valence-electron chi connectivity index (χ4n) is 2.99. The lowest BCUT2D eigenvalue weighted by atomic mass is 10.3. The van der Waals surface area contributed by atoms with Crippen LogP contribution in [0.3, 0.4) is 0 Å². The molecular weight excluding hydrogens is 374 g/mol. The molecule has 150 valence electrons. The molecule has 2 aromatic heterocycles. The lowest BCUT2D eigenvalue weighted by Gasteiger charge is -2.07. The number of nitrogens with one attached hydrogen (secondary N) is 1. The van der Waals surface area contributed by atoms with Crippen LogP contribution in [-0.4, -0.2) is 24.4 Å². The molecule has 0 saturated heterocycles. The van der Waals surface area contributed by atoms with Crippen molar-refractivity contribution in [2.45, 2.75) is 6.92 Å². The zero-order valence-electron chi connectivity index (χ0n) is 16.5. The molecule has 0 spiro atoms. The lowest BCUT2D eigenvalue weighted by molar-refractivity contribution is -0.111. The SMILES string of the molecule is Cc1c(NC(=O)/C=C/c2cn(C)c(=O)n(C)c2=O)c(=O)n(-c2ccccc2)n1C. The van der Waals surface area contributed by atoms with Crippen molar-refractivity contribution in [3.8, 4) is 5.69 Å². The maximum Gasteiger partial charge on any atom is 0.330 e. The molecule has 2 heterocycles. The summed E-state index contributed by atoms with van der Waals surface area (Å²) >= 11 is 0. The Labute approximate surface area is 165 Å². The Kier molecular flexibility index (Phi) is 5.22. The molecule has 9 nitrogen and oxygen atoms in total. The Hall–Kier alpha value is -3.88. The van der Waals surface area contributed by atoms with Gasteiger partial charge in [0.1, 0.15) is 5.69 Å². The van der Waals surface area contributed by atoms with Crippen molar-refractivity contribution in [1.29, 1.82) is 0 Å². The van der Waals surface area contributed by atoms with Crippen molar-refractivity contribution >= 4 is 17.7 Å². The van der Waals surface area contributed by atoms with E-state index in [4.69, 9.17) is 0 Å². The minimum atomic E-state index is -0.563. The number of anilines is 1. The van der Waals surface area contributed by atoms with Gasteiger partial charge < -0.3 is 9.88 Å². The predicted molar refractivity (Wildman–Crippen MR) is 110 cm³/mol. The summed E-state index contributed by atoms with van der Waals surface area (Å²) in [6.07, 6.45) is 3.82. The highest BCUT2D eigenvalue weighted by Crippen LogP contribution is 2.14. The minimum absolute atomic E-state index is 0.152. The normalized spacial score (nSPS) is 11.2. The number of carbonyl (C=O) groups excluding carboxylic acids is 1. The van der Waals surface area contributed by atoms with Crippen LogP contribution in [0.4, 0.5) is 5.69 Å². The second kappa shape index (κ2) is 7.63. The Bertz CT molecular complexity index is 1290.